The molecule has 0 aliphatic carbocycles. The Kier molecular flexibility index (Phi) is 10.0. The Morgan fingerprint density at radius 2 is 1.02 bits per heavy atom. The second kappa shape index (κ2) is 13.4. The number of thioether (sulfide) groups is 2. The number of carbonyl (C=O) groups excluding carboxylic acids is 4. The van der Waals surface area contributed by atoms with E-state index in [0.29, 0.717) is 24.2 Å². The van der Waals surface area contributed by atoms with E-state index in [9.17, 15) is 28.0 Å². The van der Waals surface area contributed by atoms with Gasteiger partial charge in [0.25, 0.3) is 11.8 Å². The largest absolute Gasteiger partial charge is 0.326 e. The van der Waals surface area contributed by atoms with Crippen LogP contribution in [0.15, 0.2) is 58.3 Å². The van der Waals surface area contributed by atoms with Gasteiger partial charge in [-0.15, -0.1) is 0 Å². The Morgan fingerprint density at radius 1 is 0.675 bits per heavy atom. The maximum absolute atomic E-state index is 13.1. The quantitative estimate of drug-likeness (QED) is 0.282. The van der Waals surface area contributed by atoms with E-state index in [1.165, 1.54) is 58.3 Å². The van der Waals surface area contributed by atoms with Crippen LogP contribution in [0.1, 0.15) is 25.7 Å². The van der Waals surface area contributed by atoms with Crippen molar-refractivity contribution >= 4 is 91.6 Å². The Hall–Kier alpha value is -3.20. The summed E-state index contributed by atoms with van der Waals surface area (Å²) in [6, 6.07) is 10.8. The molecule has 0 radical (unpaired) electrons. The van der Waals surface area contributed by atoms with Crippen molar-refractivity contribution in [3.63, 3.8) is 0 Å². The molecule has 2 heterocycles. The molecule has 2 aromatic rings. The van der Waals surface area contributed by atoms with E-state index < -0.39 is 23.4 Å². The number of thiocarbonyl (C=S) groups is 2. The van der Waals surface area contributed by atoms with Crippen molar-refractivity contribution < 1.29 is 28.0 Å². The molecular formula is C26H22F2N4O4S4. The minimum atomic E-state index is -0.423. The Labute approximate surface area is 247 Å². The topological polar surface area (TPSA) is 98.8 Å². The standard InChI is InChI=1S/C26H22F2N4O4S4/c27-15-5-9-17(10-6-15)29-19(33)3-1-13-31-23(35)21(39-25(31)37)22-24(36)32(26(38)40-22)14-2-4-20(34)30-18-11-7-16(28)8-12-18/h5-12H,1-4,13-14H2,(H,29,33)(H,30,34). The van der Waals surface area contributed by atoms with Gasteiger partial charge in [-0.1, -0.05) is 48.0 Å². The van der Waals surface area contributed by atoms with Crippen LogP contribution in [0.4, 0.5) is 20.2 Å². The third-order valence-electron chi connectivity index (χ3n) is 5.73. The van der Waals surface area contributed by atoms with Gasteiger partial charge in [0, 0.05) is 37.3 Å². The van der Waals surface area contributed by atoms with E-state index >= 15 is 0 Å². The molecule has 0 bridgehead atoms. The number of benzene rings is 2. The molecule has 2 aromatic carbocycles. The molecule has 0 atom stereocenters. The number of rotatable bonds is 10. The lowest BCUT2D eigenvalue weighted by Crippen LogP contribution is -2.31. The average Bonchev–Trinajstić information content (AvgIpc) is 3.35. The van der Waals surface area contributed by atoms with Crippen molar-refractivity contribution in [2.24, 2.45) is 0 Å². The molecule has 2 saturated heterocycles. The summed E-state index contributed by atoms with van der Waals surface area (Å²) in [5.74, 6) is -2.24. The van der Waals surface area contributed by atoms with E-state index in [1.54, 1.807) is 0 Å². The molecule has 0 aromatic heterocycles. The van der Waals surface area contributed by atoms with Crippen LogP contribution in [0.3, 0.4) is 0 Å². The fraction of sp³-hybridized carbons (Fsp3) is 0.231. The van der Waals surface area contributed by atoms with Crippen LogP contribution >= 0.6 is 48.0 Å². The lowest BCUT2D eigenvalue weighted by atomic mass is 10.2. The SMILES string of the molecule is O=C(CCCN1C(=O)C(=C2SC(=S)N(CCCC(=O)Nc3ccc(F)cc3)C2=O)SC1=S)Nc1ccc(F)cc1. The minimum absolute atomic E-state index is 0.112. The molecule has 2 aliphatic rings. The van der Waals surface area contributed by atoms with Gasteiger partial charge in [-0.2, -0.15) is 0 Å². The first kappa shape index (κ1) is 29.8. The van der Waals surface area contributed by atoms with Gasteiger partial charge in [-0.05, 0) is 61.4 Å². The van der Waals surface area contributed by atoms with Gasteiger partial charge in [0.1, 0.15) is 20.3 Å². The first-order chi connectivity index (χ1) is 19.1. The maximum atomic E-state index is 13.1. The zero-order chi connectivity index (χ0) is 28.8. The van der Waals surface area contributed by atoms with Gasteiger partial charge < -0.3 is 10.6 Å². The number of hydrogen-bond donors (Lipinski definition) is 2. The molecule has 40 heavy (non-hydrogen) atoms. The first-order valence-corrected chi connectivity index (χ1v) is 14.5. The molecule has 0 spiro atoms. The number of anilines is 2. The van der Waals surface area contributed by atoms with Gasteiger partial charge in [-0.3, -0.25) is 29.0 Å². The van der Waals surface area contributed by atoms with Crippen LogP contribution in [0, 0.1) is 11.6 Å². The Morgan fingerprint density at radius 3 is 1.38 bits per heavy atom. The molecule has 0 saturated carbocycles. The second-order valence-corrected chi connectivity index (χ2v) is 11.9. The summed E-state index contributed by atoms with van der Waals surface area (Å²) < 4.78 is 26.6. The zero-order valence-corrected chi connectivity index (χ0v) is 24.0. The van der Waals surface area contributed by atoms with Crippen molar-refractivity contribution in [3.8, 4) is 0 Å². The van der Waals surface area contributed by atoms with E-state index in [0.717, 1.165) is 23.5 Å². The van der Waals surface area contributed by atoms with E-state index in [4.69, 9.17) is 24.4 Å². The summed E-state index contributed by atoms with van der Waals surface area (Å²) in [5, 5.41) is 5.32. The summed E-state index contributed by atoms with van der Waals surface area (Å²) in [7, 11) is 0. The van der Waals surface area contributed by atoms with Crippen molar-refractivity contribution in [1.82, 2.24) is 9.80 Å². The molecule has 4 amide bonds. The molecule has 4 rings (SSSR count). The van der Waals surface area contributed by atoms with Crippen LogP contribution in [0.2, 0.25) is 0 Å². The van der Waals surface area contributed by atoms with Crippen molar-refractivity contribution in [3.05, 3.63) is 70.0 Å². The van der Waals surface area contributed by atoms with Gasteiger partial charge >= 0.3 is 0 Å². The lowest BCUT2D eigenvalue weighted by molar-refractivity contribution is -0.124. The predicted octanol–water partition coefficient (Wildman–Crippen LogP) is 5.03. The Bertz CT molecular complexity index is 1290. The van der Waals surface area contributed by atoms with Crippen LogP contribution in [-0.4, -0.2) is 55.2 Å². The third kappa shape index (κ3) is 7.50. The van der Waals surface area contributed by atoms with E-state index in [2.05, 4.69) is 10.6 Å². The van der Waals surface area contributed by atoms with Gasteiger partial charge in [0.2, 0.25) is 11.8 Å². The highest BCUT2D eigenvalue weighted by molar-refractivity contribution is 8.29. The molecule has 14 heteroatoms. The normalized spacial score (nSPS) is 17.1. The molecule has 8 nitrogen and oxygen atoms in total. The van der Waals surface area contributed by atoms with Crippen molar-refractivity contribution in [1.29, 1.82) is 0 Å². The fourth-order valence-corrected chi connectivity index (χ4v) is 6.54. The summed E-state index contributed by atoms with van der Waals surface area (Å²) >= 11 is 12.7. The monoisotopic (exact) mass is 620 g/mol. The summed E-state index contributed by atoms with van der Waals surface area (Å²) in [5.41, 5.74) is 0.931. The number of amides is 4. The molecular weight excluding hydrogens is 599 g/mol. The number of nitrogens with zero attached hydrogens (tertiary/aromatic N) is 2. The van der Waals surface area contributed by atoms with E-state index in [1.807, 2.05) is 0 Å². The van der Waals surface area contributed by atoms with Crippen LogP contribution < -0.4 is 10.6 Å². The fourth-order valence-electron chi connectivity index (χ4n) is 3.76. The molecule has 2 N–H and O–H groups in total. The molecule has 2 aliphatic heterocycles. The summed E-state index contributed by atoms with van der Waals surface area (Å²) in [6.07, 6.45) is 0.878. The minimum Gasteiger partial charge on any atom is -0.326 e. The zero-order valence-electron chi connectivity index (χ0n) is 20.8. The summed E-state index contributed by atoms with van der Waals surface area (Å²) in [6.45, 7) is 0.378. The number of halogens is 2. The average molecular weight is 621 g/mol. The highest BCUT2D eigenvalue weighted by atomic mass is 32.2. The lowest BCUT2D eigenvalue weighted by Gasteiger charge is -2.14. The molecule has 2 fully saturated rings. The summed E-state index contributed by atoms with van der Waals surface area (Å²) in [4.78, 5) is 53.6. The van der Waals surface area contributed by atoms with E-state index in [-0.39, 0.29) is 56.2 Å². The Balaban J connectivity index is 1.27. The van der Waals surface area contributed by atoms with Crippen molar-refractivity contribution in [2.75, 3.05) is 23.7 Å². The predicted molar refractivity (Wildman–Crippen MR) is 159 cm³/mol. The van der Waals surface area contributed by atoms with Crippen LogP contribution in [-0.2, 0) is 19.2 Å². The third-order valence-corrected chi connectivity index (χ3v) is 8.76. The van der Waals surface area contributed by atoms with Crippen LogP contribution in [0.25, 0.3) is 0 Å². The second-order valence-electron chi connectivity index (χ2n) is 8.63. The van der Waals surface area contributed by atoms with Crippen molar-refractivity contribution in [2.45, 2.75) is 25.7 Å². The first-order valence-electron chi connectivity index (χ1n) is 12.0. The number of carbonyl (C=O) groups is 4. The maximum Gasteiger partial charge on any atom is 0.267 e. The molecule has 208 valence electrons. The highest BCUT2D eigenvalue weighted by Gasteiger charge is 2.41. The smallest absolute Gasteiger partial charge is 0.267 e. The molecule has 0 unspecified atom stereocenters. The van der Waals surface area contributed by atoms with Gasteiger partial charge in [0.05, 0.1) is 9.81 Å². The number of nitrogens with one attached hydrogen (secondary N) is 2. The highest BCUT2D eigenvalue weighted by Crippen LogP contribution is 2.42. The van der Waals surface area contributed by atoms with Gasteiger partial charge in [0.15, 0.2) is 0 Å². The van der Waals surface area contributed by atoms with Crippen LogP contribution in [0.5, 0.6) is 0 Å². The number of hydrogen-bond acceptors (Lipinski definition) is 8. The van der Waals surface area contributed by atoms with Gasteiger partial charge in [-0.25, -0.2) is 8.78 Å².